The summed E-state index contributed by atoms with van der Waals surface area (Å²) in [7, 11) is -1.20. The first-order chi connectivity index (χ1) is 22.6. The summed E-state index contributed by atoms with van der Waals surface area (Å²) in [6.45, 7) is 5.84. The molecule has 14 heteroatoms. The van der Waals surface area contributed by atoms with E-state index in [-0.39, 0.29) is 23.0 Å². The fourth-order valence-electron chi connectivity index (χ4n) is 4.43. The highest BCUT2D eigenvalue weighted by Gasteiger charge is 2.28. The van der Waals surface area contributed by atoms with E-state index in [2.05, 4.69) is 15.3 Å². The lowest BCUT2D eigenvalue weighted by atomic mass is 9.98. The largest absolute Gasteiger partial charge is 0.383 e. The number of nitrogens with one attached hydrogen (secondary N) is 2. The van der Waals surface area contributed by atoms with Gasteiger partial charge in [0.1, 0.15) is 11.6 Å². The Morgan fingerprint density at radius 1 is 0.917 bits per heavy atom. The SMILES string of the molecule is CN(C)/C=C/C(=O)c1ccc(Nc2nccc(-c3sc(C(C)(C)C)nc3-c3cccc(NS(=O)(=O)c4c(F)cccc4F)c3F)n2)cc1. The predicted molar refractivity (Wildman–Crippen MR) is 181 cm³/mol. The van der Waals surface area contributed by atoms with Gasteiger partial charge in [-0.25, -0.2) is 36.5 Å². The zero-order valence-corrected chi connectivity index (χ0v) is 28.2. The second-order valence-corrected chi connectivity index (χ2v) is 14.5. The molecule has 48 heavy (non-hydrogen) atoms. The van der Waals surface area contributed by atoms with Crippen LogP contribution >= 0.6 is 11.3 Å². The molecule has 0 atom stereocenters. The van der Waals surface area contributed by atoms with Gasteiger partial charge in [-0.1, -0.05) is 32.9 Å². The van der Waals surface area contributed by atoms with Crippen molar-refractivity contribution in [1.82, 2.24) is 19.9 Å². The van der Waals surface area contributed by atoms with E-state index in [1.54, 1.807) is 41.4 Å². The molecule has 0 saturated heterocycles. The lowest BCUT2D eigenvalue weighted by molar-refractivity contribution is 0.104. The van der Waals surface area contributed by atoms with Gasteiger partial charge in [0.2, 0.25) is 5.95 Å². The number of sulfonamides is 1. The van der Waals surface area contributed by atoms with Crippen molar-refractivity contribution in [3.05, 3.63) is 113 Å². The number of aromatic nitrogens is 3. The molecule has 0 unspecified atom stereocenters. The molecule has 5 rings (SSSR count). The first kappa shape index (κ1) is 34.3. The second kappa shape index (κ2) is 13.6. The quantitative estimate of drug-likeness (QED) is 0.113. The zero-order chi connectivity index (χ0) is 34.8. The van der Waals surface area contributed by atoms with Crippen LogP contribution in [0.1, 0.15) is 36.1 Å². The number of allylic oxidation sites excluding steroid dienone is 1. The van der Waals surface area contributed by atoms with Crippen molar-refractivity contribution in [3.63, 3.8) is 0 Å². The molecule has 0 radical (unpaired) electrons. The Morgan fingerprint density at radius 2 is 1.58 bits per heavy atom. The summed E-state index contributed by atoms with van der Waals surface area (Å²) in [5, 5.41) is 3.77. The number of hydrogen-bond acceptors (Lipinski definition) is 9. The third-order valence-electron chi connectivity index (χ3n) is 6.79. The number of thiazole rings is 1. The van der Waals surface area contributed by atoms with Crippen LogP contribution in [-0.2, 0) is 15.4 Å². The summed E-state index contributed by atoms with van der Waals surface area (Å²) < 4.78 is 72.6. The van der Waals surface area contributed by atoms with Crippen molar-refractivity contribution in [3.8, 4) is 21.8 Å². The van der Waals surface area contributed by atoms with Gasteiger partial charge in [-0.15, -0.1) is 11.3 Å². The van der Waals surface area contributed by atoms with Crippen LogP contribution in [0.2, 0.25) is 0 Å². The van der Waals surface area contributed by atoms with Crippen molar-refractivity contribution in [2.24, 2.45) is 0 Å². The van der Waals surface area contributed by atoms with E-state index in [1.807, 2.05) is 39.6 Å². The Labute approximate surface area is 280 Å². The van der Waals surface area contributed by atoms with Crippen LogP contribution in [-0.4, -0.2) is 48.1 Å². The average molecular weight is 693 g/mol. The number of carbonyl (C=O) groups excluding carboxylic acids is 1. The summed E-state index contributed by atoms with van der Waals surface area (Å²) in [6, 6.07) is 15.0. The van der Waals surface area contributed by atoms with Crippen LogP contribution in [0.25, 0.3) is 21.8 Å². The number of benzene rings is 3. The van der Waals surface area contributed by atoms with Crippen LogP contribution in [0.5, 0.6) is 0 Å². The molecule has 2 N–H and O–H groups in total. The molecule has 5 aromatic rings. The molecule has 0 fully saturated rings. The topological polar surface area (TPSA) is 117 Å². The third kappa shape index (κ3) is 7.55. The van der Waals surface area contributed by atoms with E-state index in [9.17, 15) is 22.0 Å². The molecule has 2 aromatic heterocycles. The Hall–Kier alpha value is -5.08. The van der Waals surface area contributed by atoms with Crippen LogP contribution in [0, 0.1) is 17.5 Å². The summed E-state index contributed by atoms with van der Waals surface area (Å²) in [5.74, 6) is -3.54. The minimum atomic E-state index is -4.84. The Balaban J connectivity index is 1.50. The minimum absolute atomic E-state index is 0.0531. The predicted octanol–water partition coefficient (Wildman–Crippen LogP) is 7.78. The molecule has 0 aliphatic rings. The number of anilines is 3. The minimum Gasteiger partial charge on any atom is -0.383 e. The fourth-order valence-corrected chi connectivity index (χ4v) is 6.74. The molecule has 0 spiro atoms. The normalized spacial score (nSPS) is 11.9. The van der Waals surface area contributed by atoms with E-state index >= 15 is 4.39 Å². The molecule has 0 aliphatic carbocycles. The molecular formula is C34H31F3N6O3S2. The first-order valence-electron chi connectivity index (χ1n) is 14.5. The fraction of sp³-hybridized carbons (Fsp3) is 0.176. The smallest absolute Gasteiger partial charge is 0.267 e. The maximum absolute atomic E-state index is 16.1. The van der Waals surface area contributed by atoms with Crippen LogP contribution < -0.4 is 10.0 Å². The number of rotatable bonds is 10. The van der Waals surface area contributed by atoms with Gasteiger partial charge in [0.15, 0.2) is 16.5 Å². The number of hydrogen-bond donors (Lipinski definition) is 2. The van der Waals surface area contributed by atoms with Gasteiger partial charge in [-0.05, 0) is 54.6 Å². The molecule has 0 bridgehead atoms. The van der Waals surface area contributed by atoms with E-state index < -0.39 is 43.5 Å². The maximum atomic E-state index is 16.1. The first-order valence-corrected chi connectivity index (χ1v) is 16.8. The number of halogens is 3. The number of carbonyl (C=O) groups is 1. The van der Waals surface area contributed by atoms with Crippen molar-refractivity contribution in [2.45, 2.75) is 31.1 Å². The zero-order valence-electron chi connectivity index (χ0n) is 26.5. The summed E-state index contributed by atoms with van der Waals surface area (Å²) in [4.78, 5) is 27.1. The molecule has 0 aliphatic heterocycles. The molecular weight excluding hydrogens is 662 g/mol. The summed E-state index contributed by atoms with van der Waals surface area (Å²) >= 11 is 1.29. The van der Waals surface area contributed by atoms with Crippen LogP contribution in [0.15, 0.2) is 90.1 Å². The van der Waals surface area contributed by atoms with Crippen molar-refractivity contribution >= 4 is 44.5 Å². The number of nitrogens with zero attached hydrogens (tertiary/aromatic N) is 4. The average Bonchev–Trinajstić information content (AvgIpc) is 3.47. The number of ketones is 1. The van der Waals surface area contributed by atoms with Gasteiger partial charge < -0.3 is 10.2 Å². The summed E-state index contributed by atoms with van der Waals surface area (Å²) in [6.07, 6.45) is 4.67. The van der Waals surface area contributed by atoms with Crippen molar-refractivity contribution in [1.29, 1.82) is 0 Å². The Morgan fingerprint density at radius 3 is 2.23 bits per heavy atom. The lowest BCUT2D eigenvalue weighted by Gasteiger charge is -2.14. The van der Waals surface area contributed by atoms with Gasteiger partial charge in [0, 0.05) is 54.8 Å². The van der Waals surface area contributed by atoms with Gasteiger partial charge in [-0.2, -0.15) is 0 Å². The molecule has 248 valence electrons. The molecule has 3 aromatic carbocycles. The van der Waals surface area contributed by atoms with Gasteiger partial charge in [0.25, 0.3) is 10.0 Å². The van der Waals surface area contributed by atoms with Crippen molar-refractivity contribution < 1.29 is 26.4 Å². The summed E-state index contributed by atoms with van der Waals surface area (Å²) in [5.41, 5.74) is 0.720. The molecule has 0 saturated carbocycles. The van der Waals surface area contributed by atoms with Gasteiger partial charge >= 0.3 is 0 Å². The molecule has 2 heterocycles. The van der Waals surface area contributed by atoms with Crippen LogP contribution in [0.4, 0.5) is 30.5 Å². The van der Waals surface area contributed by atoms with E-state index in [4.69, 9.17) is 4.98 Å². The highest BCUT2D eigenvalue weighted by atomic mass is 32.2. The Bertz CT molecular complexity index is 2110. The highest BCUT2D eigenvalue weighted by molar-refractivity contribution is 7.92. The molecule has 9 nitrogen and oxygen atoms in total. The second-order valence-electron chi connectivity index (χ2n) is 11.9. The monoisotopic (exact) mass is 692 g/mol. The Kier molecular flexibility index (Phi) is 9.69. The maximum Gasteiger partial charge on any atom is 0.267 e. The van der Waals surface area contributed by atoms with Gasteiger partial charge in [0.05, 0.1) is 27.0 Å². The van der Waals surface area contributed by atoms with E-state index in [0.717, 1.165) is 24.3 Å². The van der Waals surface area contributed by atoms with Gasteiger partial charge in [-0.3, -0.25) is 9.52 Å². The standard InChI is InChI=1S/C34H31F3N6O3S2/c1-34(2,3)32-41-29(22-8-6-11-25(28(22)37)42-48(45,46)31-23(35)9-7-10-24(31)36)30(47-32)26-16-18-38-33(40-26)39-21-14-12-20(13-15-21)27(44)17-19-43(4)5/h6-19,42H,1-5H3,(H,38,39,40)/b19-17+. The van der Waals surface area contributed by atoms with E-state index in [0.29, 0.717) is 26.8 Å². The third-order valence-corrected chi connectivity index (χ3v) is 9.71. The van der Waals surface area contributed by atoms with E-state index in [1.165, 1.54) is 35.7 Å². The lowest BCUT2D eigenvalue weighted by Crippen LogP contribution is -2.17. The highest BCUT2D eigenvalue weighted by Crippen LogP contribution is 2.42. The van der Waals surface area contributed by atoms with Crippen molar-refractivity contribution in [2.75, 3.05) is 24.1 Å². The molecule has 0 amide bonds. The van der Waals surface area contributed by atoms with Crippen LogP contribution in [0.3, 0.4) is 0 Å².